The number of piperidine rings is 1. The number of aryl methyl sites for hydroxylation is 1. The predicted molar refractivity (Wildman–Crippen MR) is 94.8 cm³/mol. The van der Waals surface area contributed by atoms with Gasteiger partial charge in [-0.3, -0.25) is 0 Å². The van der Waals surface area contributed by atoms with E-state index in [9.17, 15) is 0 Å². The van der Waals surface area contributed by atoms with Gasteiger partial charge in [-0.1, -0.05) is 47.5 Å². The van der Waals surface area contributed by atoms with E-state index in [4.69, 9.17) is 4.74 Å². The van der Waals surface area contributed by atoms with E-state index in [1.54, 1.807) is 5.57 Å². The number of para-hydroxylation sites is 1. The van der Waals surface area contributed by atoms with Crippen LogP contribution in [-0.2, 0) is 0 Å². The van der Waals surface area contributed by atoms with Gasteiger partial charge in [0, 0.05) is 11.1 Å². The van der Waals surface area contributed by atoms with Crippen LogP contribution >= 0.6 is 0 Å². The minimum atomic E-state index is 0.0749. The van der Waals surface area contributed by atoms with Gasteiger partial charge in [-0.2, -0.15) is 0 Å². The molecule has 2 aliphatic heterocycles. The molecule has 0 spiro atoms. The molecule has 1 saturated heterocycles. The van der Waals surface area contributed by atoms with Crippen molar-refractivity contribution in [3.05, 3.63) is 70.3 Å². The first-order valence-electron chi connectivity index (χ1n) is 8.54. The normalized spacial score (nSPS) is 20.3. The Labute approximate surface area is 138 Å². The SMILES string of the molecule is Cc1ccc2c(c1)C(C)Oc1ccccc1C2=C1CCNCC1. The summed E-state index contributed by atoms with van der Waals surface area (Å²) in [6, 6.07) is 15.3. The third-order valence-electron chi connectivity index (χ3n) is 4.94. The quantitative estimate of drug-likeness (QED) is 0.766. The Balaban J connectivity index is 2.01. The van der Waals surface area contributed by atoms with E-state index in [0.29, 0.717) is 0 Å². The summed E-state index contributed by atoms with van der Waals surface area (Å²) in [7, 11) is 0. The van der Waals surface area contributed by atoms with E-state index in [1.165, 1.54) is 27.8 Å². The summed E-state index contributed by atoms with van der Waals surface area (Å²) in [5.41, 5.74) is 8.16. The number of ether oxygens (including phenoxy) is 1. The number of benzene rings is 2. The zero-order valence-electron chi connectivity index (χ0n) is 13.9. The average molecular weight is 305 g/mol. The molecule has 1 unspecified atom stereocenters. The molecule has 0 amide bonds. The van der Waals surface area contributed by atoms with Gasteiger partial charge >= 0.3 is 0 Å². The summed E-state index contributed by atoms with van der Waals surface area (Å²) in [4.78, 5) is 0. The minimum Gasteiger partial charge on any atom is -0.485 e. The minimum absolute atomic E-state index is 0.0749. The number of hydrogen-bond acceptors (Lipinski definition) is 2. The summed E-state index contributed by atoms with van der Waals surface area (Å²) in [6.45, 7) is 6.45. The molecule has 0 radical (unpaired) electrons. The maximum Gasteiger partial charge on any atom is 0.128 e. The summed E-state index contributed by atoms with van der Waals surface area (Å²) in [6.07, 6.45) is 2.31. The average Bonchev–Trinajstić information content (AvgIpc) is 2.70. The molecule has 0 bridgehead atoms. The van der Waals surface area contributed by atoms with Gasteiger partial charge in [0.1, 0.15) is 11.9 Å². The maximum absolute atomic E-state index is 6.31. The van der Waals surface area contributed by atoms with Crippen LogP contribution in [-0.4, -0.2) is 13.1 Å². The monoisotopic (exact) mass is 305 g/mol. The lowest BCUT2D eigenvalue weighted by Gasteiger charge is -2.22. The fourth-order valence-corrected chi connectivity index (χ4v) is 3.78. The molecule has 1 N–H and O–H groups in total. The van der Waals surface area contributed by atoms with Crippen molar-refractivity contribution >= 4 is 5.57 Å². The number of nitrogens with one attached hydrogen (secondary N) is 1. The molecule has 118 valence electrons. The van der Waals surface area contributed by atoms with Crippen LogP contribution < -0.4 is 10.1 Å². The van der Waals surface area contributed by atoms with Gasteiger partial charge in [0.15, 0.2) is 0 Å². The van der Waals surface area contributed by atoms with Gasteiger partial charge in [-0.25, -0.2) is 0 Å². The highest BCUT2D eigenvalue weighted by atomic mass is 16.5. The van der Waals surface area contributed by atoms with Gasteiger partial charge < -0.3 is 10.1 Å². The Morgan fingerprint density at radius 2 is 1.78 bits per heavy atom. The number of fused-ring (bicyclic) bond motifs is 2. The first kappa shape index (κ1) is 14.5. The van der Waals surface area contributed by atoms with Crippen LogP contribution in [0.5, 0.6) is 5.75 Å². The summed E-state index contributed by atoms with van der Waals surface area (Å²) >= 11 is 0. The second-order valence-electron chi connectivity index (χ2n) is 6.58. The van der Waals surface area contributed by atoms with Crippen LogP contribution in [0.1, 0.15) is 48.1 Å². The van der Waals surface area contributed by atoms with Crippen LogP contribution in [0.25, 0.3) is 5.57 Å². The van der Waals surface area contributed by atoms with E-state index in [-0.39, 0.29) is 6.10 Å². The Kier molecular flexibility index (Phi) is 3.70. The highest BCUT2D eigenvalue weighted by Crippen LogP contribution is 2.43. The van der Waals surface area contributed by atoms with Crippen molar-refractivity contribution in [2.24, 2.45) is 0 Å². The third kappa shape index (κ3) is 2.57. The highest BCUT2D eigenvalue weighted by molar-refractivity contribution is 5.87. The Bertz CT molecular complexity index is 767. The third-order valence-corrected chi connectivity index (χ3v) is 4.94. The summed E-state index contributed by atoms with van der Waals surface area (Å²) in [5, 5.41) is 3.47. The largest absolute Gasteiger partial charge is 0.485 e. The second-order valence-corrected chi connectivity index (χ2v) is 6.58. The van der Waals surface area contributed by atoms with E-state index < -0.39 is 0 Å². The van der Waals surface area contributed by atoms with Crippen molar-refractivity contribution in [1.82, 2.24) is 5.32 Å². The Hall–Kier alpha value is -2.06. The maximum atomic E-state index is 6.31. The fourth-order valence-electron chi connectivity index (χ4n) is 3.78. The molecular formula is C21H23NO. The Morgan fingerprint density at radius 1 is 1.00 bits per heavy atom. The molecule has 2 heteroatoms. The molecule has 1 atom stereocenters. The molecule has 1 fully saturated rings. The van der Waals surface area contributed by atoms with Crippen molar-refractivity contribution in [3.8, 4) is 5.75 Å². The lowest BCUT2D eigenvalue weighted by Crippen LogP contribution is -2.24. The van der Waals surface area contributed by atoms with Crippen LogP contribution in [0, 0.1) is 6.92 Å². The lowest BCUT2D eigenvalue weighted by atomic mass is 9.85. The molecule has 2 aromatic carbocycles. The molecule has 2 nitrogen and oxygen atoms in total. The van der Waals surface area contributed by atoms with E-state index in [2.05, 4.69) is 61.6 Å². The molecule has 2 heterocycles. The van der Waals surface area contributed by atoms with Gasteiger partial charge in [0.2, 0.25) is 0 Å². The molecule has 2 aliphatic rings. The van der Waals surface area contributed by atoms with Crippen molar-refractivity contribution in [2.45, 2.75) is 32.8 Å². The van der Waals surface area contributed by atoms with E-state index in [1.807, 2.05) is 0 Å². The molecule has 4 rings (SSSR count). The Morgan fingerprint density at radius 3 is 2.61 bits per heavy atom. The van der Waals surface area contributed by atoms with Gasteiger partial charge in [0.05, 0.1) is 0 Å². The molecular weight excluding hydrogens is 282 g/mol. The zero-order chi connectivity index (χ0) is 15.8. The van der Waals surface area contributed by atoms with Crippen molar-refractivity contribution in [2.75, 3.05) is 13.1 Å². The number of hydrogen-bond donors (Lipinski definition) is 1. The van der Waals surface area contributed by atoms with Crippen LogP contribution in [0.3, 0.4) is 0 Å². The fraction of sp³-hybridized carbons (Fsp3) is 0.333. The van der Waals surface area contributed by atoms with Gasteiger partial charge in [-0.15, -0.1) is 0 Å². The summed E-state index contributed by atoms with van der Waals surface area (Å²) < 4.78 is 6.31. The first-order valence-corrected chi connectivity index (χ1v) is 8.54. The van der Waals surface area contributed by atoms with Crippen molar-refractivity contribution < 1.29 is 4.74 Å². The van der Waals surface area contributed by atoms with E-state index >= 15 is 0 Å². The molecule has 2 aromatic rings. The standard InChI is InChI=1S/C21H23NO/c1-14-7-8-17-19(13-14)15(2)23-20-6-4-3-5-18(20)21(17)16-9-11-22-12-10-16/h3-8,13,15,22H,9-12H2,1-2H3. The molecule has 0 saturated carbocycles. The van der Waals surface area contributed by atoms with Gasteiger partial charge in [-0.05, 0) is 57.0 Å². The van der Waals surface area contributed by atoms with Gasteiger partial charge in [0.25, 0.3) is 0 Å². The lowest BCUT2D eigenvalue weighted by molar-refractivity contribution is 0.228. The molecule has 0 aromatic heterocycles. The molecule has 0 aliphatic carbocycles. The first-order chi connectivity index (χ1) is 11.2. The van der Waals surface area contributed by atoms with E-state index in [0.717, 1.165) is 31.7 Å². The highest BCUT2D eigenvalue weighted by Gasteiger charge is 2.26. The predicted octanol–water partition coefficient (Wildman–Crippen LogP) is 4.63. The van der Waals surface area contributed by atoms with Crippen LogP contribution in [0.2, 0.25) is 0 Å². The molecule has 23 heavy (non-hydrogen) atoms. The van der Waals surface area contributed by atoms with Crippen LogP contribution in [0.15, 0.2) is 48.0 Å². The van der Waals surface area contributed by atoms with Crippen molar-refractivity contribution in [1.29, 1.82) is 0 Å². The van der Waals surface area contributed by atoms with Crippen LogP contribution in [0.4, 0.5) is 0 Å². The summed E-state index contributed by atoms with van der Waals surface area (Å²) in [5.74, 6) is 1.01. The number of rotatable bonds is 0. The van der Waals surface area contributed by atoms with Crippen molar-refractivity contribution in [3.63, 3.8) is 0 Å². The second kappa shape index (κ2) is 5.86. The topological polar surface area (TPSA) is 21.3 Å². The smallest absolute Gasteiger partial charge is 0.128 e. The zero-order valence-corrected chi connectivity index (χ0v) is 13.9.